The highest BCUT2D eigenvalue weighted by Gasteiger charge is 1.95. The van der Waals surface area contributed by atoms with Crippen LogP contribution in [0.5, 0.6) is 0 Å². The van der Waals surface area contributed by atoms with Crippen LogP contribution in [0.15, 0.2) is 28.7 Å². The van der Waals surface area contributed by atoms with Gasteiger partial charge in [0.2, 0.25) is 0 Å². The molecule has 1 aromatic carbocycles. The van der Waals surface area contributed by atoms with Gasteiger partial charge in [-0.15, -0.1) is 0 Å². The summed E-state index contributed by atoms with van der Waals surface area (Å²) in [5.74, 6) is 0.835. The second-order valence-corrected chi connectivity index (χ2v) is 5.44. The van der Waals surface area contributed by atoms with E-state index in [0.29, 0.717) is 0 Å². The van der Waals surface area contributed by atoms with Crippen LogP contribution in [0, 0.1) is 0 Å². The molecule has 0 unspecified atom stereocenters. The summed E-state index contributed by atoms with van der Waals surface area (Å²) in [5, 5.41) is 0.170. The molecule has 0 aliphatic heterocycles. The molecular weight excluding hydrogens is 286 g/mol. The van der Waals surface area contributed by atoms with E-state index in [-0.39, 0.29) is 5.12 Å². The van der Waals surface area contributed by atoms with E-state index in [9.17, 15) is 4.79 Å². The molecule has 0 aliphatic rings. The molecule has 0 spiro atoms. The molecule has 2 nitrogen and oxygen atoms in total. The van der Waals surface area contributed by atoms with Crippen LogP contribution in [0.1, 0.15) is 18.9 Å². The van der Waals surface area contributed by atoms with Gasteiger partial charge >= 0.3 is 0 Å². The minimum atomic E-state index is 0.170. The zero-order valence-electron chi connectivity index (χ0n) is 9.07. The Labute approximate surface area is 108 Å². The van der Waals surface area contributed by atoms with Crippen LogP contribution in [0.4, 0.5) is 5.69 Å². The molecule has 0 heterocycles. The molecule has 0 saturated heterocycles. The van der Waals surface area contributed by atoms with Gasteiger partial charge in [0.1, 0.15) is 0 Å². The van der Waals surface area contributed by atoms with E-state index < -0.39 is 0 Å². The molecule has 0 aromatic heterocycles. The Morgan fingerprint density at radius 2 is 2.31 bits per heavy atom. The Balaban J connectivity index is 2.44. The third-order valence-electron chi connectivity index (χ3n) is 1.92. The lowest BCUT2D eigenvalue weighted by atomic mass is 10.2. The summed E-state index contributed by atoms with van der Waals surface area (Å²) in [6.07, 6.45) is 4.99. The van der Waals surface area contributed by atoms with Gasteiger partial charge in [-0.05, 0) is 40.0 Å². The van der Waals surface area contributed by atoms with Gasteiger partial charge in [-0.2, -0.15) is 0 Å². The van der Waals surface area contributed by atoms with Crippen molar-refractivity contribution in [2.24, 2.45) is 0 Å². The second kappa shape index (κ2) is 6.76. The summed E-state index contributed by atoms with van der Waals surface area (Å²) in [4.78, 5) is 10.7. The van der Waals surface area contributed by atoms with Crippen LogP contribution in [-0.4, -0.2) is 10.9 Å². The number of hydrogen-bond acceptors (Lipinski definition) is 3. The first-order valence-corrected chi connectivity index (χ1v) is 6.72. The number of hydrogen-bond donors (Lipinski definition) is 1. The smallest absolute Gasteiger partial charge is 0.185 e. The van der Waals surface area contributed by atoms with E-state index in [1.165, 1.54) is 11.8 Å². The van der Waals surface area contributed by atoms with Crippen LogP contribution < -0.4 is 5.73 Å². The number of halogens is 1. The number of carbonyl (C=O) groups excluding carboxylic acids is 1. The molecular formula is C12H14BrNOS. The van der Waals surface area contributed by atoms with Crippen LogP contribution in [0.2, 0.25) is 0 Å². The van der Waals surface area contributed by atoms with Crippen LogP contribution in [0.25, 0.3) is 6.08 Å². The topological polar surface area (TPSA) is 43.1 Å². The first-order chi connectivity index (χ1) is 7.59. The Morgan fingerprint density at radius 1 is 1.56 bits per heavy atom. The highest BCUT2D eigenvalue weighted by molar-refractivity contribution is 9.10. The minimum Gasteiger partial charge on any atom is -0.398 e. The molecule has 2 N–H and O–H groups in total. The van der Waals surface area contributed by atoms with Crippen LogP contribution >= 0.6 is 27.7 Å². The van der Waals surface area contributed by atoms with Crippen molar-refractivity contribution >= 4 is 44.6 Å². The zero-order valence-corrected chi connectivity index (χ0v) is 11.5. The number of benzene rings is 1. The maximum atomic E-state index is 10.7. The lowest BCUT2D eigenvalue weighted by Gasteiger charge is -1.99. The Hall–Kier alpha value is -0.740. The van der Waals surface area contributed by atoms with Crippen molar-refractivity contribution < 1.29 is 4.79 Å². The van der Waals surface area contributed by atoms with Crippen molar-refractivity contribution in [1.29, 1.82) is 0 Å². The van der Waals surface area contributed by atoms with Gasteiger partial charge in [-0.25, -0.2) is 0 Å². The first kappa shape index (κ1) is 13.3. The van der Waals surface area contributed by atoms with Crippen molar-refractivity contribution in [2.75, 3.05) is 11.5 Å². The summed E-state index contributed by atoms with van der Waals surface area (Å²) in [6, 6.07) is 5.81. The molecule has 0 atom stereocenters. The maximum Gasteiger partial charge on any atom is 0.185 e. The average Bonchev–Trinajstić information content (AvgIpc) is 2.22. The van der Waals surface area contributed by atoms with E-state index in [2.05, 4.69) is 22.0 Å². The van der Waals surface area contributed by atoms with Crippen LogP contribution in [0.3, 0.4) is 0 Å². The molecule has 0 radical (unpaired) electrons. The summed E-state index contributed by atoms with van der Waals surface area (Å²) in [7, 11) is 0. The maximum absolute atomic E-state index is 10.7. The molecule has 0 amide bonds. The lowest BCUT2D eigenvalue weighted by Crippen LogP contribution is -1.86. The number of anilines is 1. The zero-order chi connectivity index (χ0) is 12.0. The largest absolute Gasteiger partial charge is 0.398 e. The standard InChI is InChI=1S/C12H14BrNOS/c1-9(15)16-7-3-2-4-10-5-6-12(14)11(13)8-10/h2,4-6,8H,3,7,14H2,1H3. The summed E-state index contributed by atoms with van der Waals surface area (Å²) >= 11 is 4.73. The number of nitrogens with two attached hydrogens (primary N) is 1. The number of carbonyl (C=O) groups is 1. The van der Waals surface area contributed by atoms with E-state index in [4.69, 9.17) is 5.73 Å². The molecule has 1 rings (SSSR count). The molecule has 1 aromatic rings. The highest BCUT2D eigenvalue weighted by Crippen LogP contribution is 2.21. The predicted molar refractivity (Wildman–Crippen MR) is 75.3 cm³/mol. The van der Waals surface area contributed by atoms with Crippen LogP contribution in [-0.2, 0) is 4.79 Å². The van der Waals surface area contributed by atoms with Crippen molar-refractivity contribution in [3.63, 3.8) is 0 Å². The van der Waals surface area contributed by atoms with E-state index in [1.807, 2.05) is 24.3 Å². The minimum absolute atomic E-state index is 0.170. The summed E-state index contributed by atoms with van der Waals surface area (Å²) in [6.45, 7) is 1.59. The van der Waals surface area contributed by atoms with Gasteiger partial charge in [0.15, 0.2) is 5.12 Å². The van der Waals surface area contributed by atoms with Crippen molar-refractivity contribution in [3.8, 4) is 0 Å². The third-order valence-corrected chi connectivity index (χ3v) is 3.46. The molecule has 0 bridgehead atoms. The van der Waals surface area contributed by atoms with Gasteiger partial charge in [0, 0.05) is 22.8 Å². The van der Waals surface area contributed by atoms with Gasteiger partial charge in [-0.1, -0.05) is 30.0 Å². The Bertz CT molecular complexity index is 404. The summed E-state index contributed by atoms with van der Waals surface area (Å²) < 4.78 is 0.910. The van der Waals surface area contributed by atoms with E-state index in [1.54, 1.807) is 6.92 Å². The second-order valence-electron chi connectivity index (χ2n) is 3.31. The van der Waals surface area contributed by atoms with Gasteiger partial charge in [0.25, 0.3) is 0 Å². The Morgan fingerprint density at radius 3 is 2.94 bits per heavy atom. The number of nitrogen functional groups attached to an aromatic ring is 1. The van der Waals surface area contributed by atoms with Crippen molar-refractivity contribution in [3.05, 3.63) is 34.3 Å². The Kier molecular flexibility index (Phi) is 5.63. The van der Waals surface area contributed by atoms with Gasteiger partial charge < -0.3 is 5.73 Å². The average molecular weight is 300 g/mol. The van der Waals surface area contributed by atoms with Crippen molar-refractivity contribution in [2.45, 2.75) is 13.3 Å². The van der Waals surface area contributed by atoms with E-state index >= 15 is 0 Å². The quantitative estimate of drug-likeness (QED) is 0.681. The van der Waals surface area contributed by atoms with Gasteiger partial charge in [0.05, 0.1) is 0 Å². The molecule has 16 heavy (non-hydrogen) atoms. The molecule has 86 valence electrons. The predicted octanol–water partition coefficient (Wildman–Crippen LogP) is 3.71. The summed E-state index contributed by atoms with van der Waals surface area (Å²) in [5.41, 5.74) is 7.53. The van der Waals surface area contributed by atoms with Crippen molar-refractivity contribution in [1.82, 2.24) is 0 Å². The SMILES string of the molecule is CC(=O)SCCC=Cc1ccc(N)c(Br)c1. The highest BCUT2D eigenvalue weighted by atomic mass is 79.9. The fourth-order valence-electron chi connectivity index (χ4n) is 1.14. The first-order valence-electron chi connectivity index (χ1n) is 4.94. The lowest BCUT2D eigenvalue weighted by molar-refractivity contribution is -0.109. The fraction of sp³-hybridized carbons (Fsp3) is 0.250. The molecule has 0 saturated carbocycles. The number of allylic oxidation sites excluding steroid dienone is 1. The third kappa shape index (κ3) is 4.86. The molecule has 0 fully saturated rings. The van der Waals surface area contributed by atoms with Gasteiger partial charge in [-0.3, -0.25) is 4.79 Å². The monoisotopic (exact) mass is 299 g/mol. The van der Waals surface area contributed by atoms with E-state index in [0.717, 1.165) is 27.9 Å². The normalized spacial score (nSPS) is 10.9. The molecule has 0 aliphatic carbocycles. The number of thioether (sulfide) groups is 1. The number of rotatable bonds is 4. The fourth-order valence-corrected chi connectivity index (χ4v) is 2.08. The molecule has 4 heteroatoms.